The zero-order valence-electron chi connectivity index (χ0n) is 13.6. The van der Waals surface area contributed by atoms with Gasteiger partial charge in [-0.3, -0.25) is 14.7 Å². The highest BCUT2D eigenvalue weighted by molar-refractivity contribution is 6.33. The van der Waals surface area contributed by atoms with Crippen molar-refractivity contribution in [3.05, 3.63) is 47.6 Å². The number of carbonyl (C=O) groups excluding carboxylic acids is 1. The molecule has 0 saturated carbocycles. The van der Waals surface area contributed by atoms with Gasteiger partial charge in [-0.05, 0) is 25.1 Å². The van der Waals surface area contributed by atoms with Crippen molar-refractivity contribution in [1.82, 2.24) is 15.2 Å². The first kappa shape index (κ1) is 16.8. The first-order valence-corrected chi connectivity index (χ1v) is 8.41. The summed E-state index contributed by atoms with van der Waals surface area (Å²) in [5.41, 5.74) is 1.00. The van der Waals surface area contributed by atoms with Gasteiger partial charge in [-0.2, -0.15) is 0 Å². The SMILES string of the molecule is C[C@@H](NC(=O)CN1CCN(c2ccncc2Cl)CC1)c1ccco1. The van der Waals surface area contributed by atoms with Gasteiger partial charge in [-0.25, -0.2) is 0 Å². The molecule has 0 radical (unpaired) electrons. The number of hydrogen-bond acceptors (Lipinski definition) is 5. The molecule has 6 nitrogen and oxygen atoms in total. The molecule has 2 aromatic rings. The van der Waals surface area contributed by atoms with Crippen molar-refractivity contribution < 1.29 is 9.21 Å². The zero-order valence-corrected chi connectivity index (χ0v) is 14.4. The lowest BCUT2D eigenvalue weighted by Gasteiger charge is -2.36. The van der Waals surface area contributed by atoms with Gasteiger partial charge in [0, 0.05) is 38.6 Å². The minimum absolute atomic E-state index is 0.00861. The Bertz CT molecular complexity index is 669. The molecule has 0 spiro atoms. The Labute approximate surface area is 146 Å². The van der Waals surface area contributed by atoms with Crippen LogP contribution < -0.4 is 10.2 Å². The number of furan rings is 1. The van der Waals surface area contributed by atoms with Gasteiger partial charge in [-0.15, -0.1) is 0 Å². The Morgan fingerprint density at radius 2 is 2.17 bits per heavy atom. The minimum atomic E-state index is -0.121. The fourth-order valence-corrected chi connectivity index (χ4v) is 3.11. The highest BCUT2D eigenvalue weighted by Gasteiger charge is 2.21. The van der Waals surface area contributed by atoms with Crippen LogP contribution in [0, 0.1) is 0 Å². The molecule has 0 aromatic carbocycles. The van der Waals surface area contributed by atoms with Gasteiger partial charge in [0.25, 0.3) is 0 Å². The van der Waals surface area contributed by atoms with Crippen molar-refractivity contribution in [1.29, 1.82) is 0 Å². The molecule has 0 bridgehead atoms. The number of rotatable bonds is 5. The van der Waals surface area contributed by atoms with Gasteiger partial charge in [0.2, 0.25) is 5.91 Å². The highest BCUT2D eigenvalue weighted by atomic mass is 35.5. The summed E-state index contributed by atoms with van der Waals surface area (Å²) >= 11 is 6.19. The summed E-state index contributed by atoms with van der Waals surface area (Å²) in [6.07, 6.45) is 5.02. The Balaban J connectivity index is 1.47. The van der Waals surface area contributed by atoms with Crippen molar-refractivity contribution in [2.24, 2.45) is 0 Å². The Kier molecular flexibility index (Phi) is 5.37. The van der Waals surface area contributed by atoms with Crippen molar-refractivity contribution >= 4 is 23.2 Å². The van der Waals surface area contributed by atoms with E-state index in [2.05, 4.69) is 20.1 Å². The van der Waals surface area contributed by atoms with E-state index in [4.69, 9.17) is 16.0 Å². The maximum Gasteiger partial charge on any atom is 0.234 e. The number of amides is 1. The second-order valence-electron chi connectivity index (χ2n) is 5.89. The number of anilines is 1. The molecule has 0 aliphatic carbocycles. The molecule has 3 rings (SSSR count). The second-order valence-corrected chi connectivity index (χ2v) is 6.30. The largest absolute Gasteiger partial charge is 0.467 e. The summed E-state index contributed by atoms with van der Waals surface area (Å²) in [5.74, 6) is 0.773. The zero-order chi connectivity index (χ0) is 16.9. The van der Waals surface area contributed by atoms with Gasteiger partial charge in [0.05, 0.1) is 29.6 Å². The summed E-state index contributed by atoms with van der Waals surface area (Å²) in [7, 11) is 0. The van der Waals surface area contributed by atoms with E-state index in [9.17, 15) is 4.79 Å². The molecule has 1 atom stereocenters. The van der Waals surface area contributed by atoms with E-state index in [-0.39, 0.29) is 11.9 Å². The summed E-state index contributed by atoms with van der Waals surface area (Å²) in [4.78, 5) is 20.6. The first-order chi connectivity index (χ1) is 11.6. The first-order valence-electron chi connectivity index (χ1n) is 8.03. The van der Waals surface area contributed by atoms with Gasteiger partial charge >= 0.3 is 0 Å². The number of nitrogens with zero attached hydrogens (tertiary/aromatic N) is 3. The second kappa shape index (κ2) is 7.68. The van der Waals surface area contributed by atoms with E-state index in [1.54, 1.807) is 18.7 Å². The minimum Gasteiger partial charge on any atom is -0.467 e. The topological polar surface area (TPSA) is 61.6 Å². The van der Waals surface area contributed by atoms with E-state index in [0.29, 0.717) is 11.6 Å². The van der Waals surface area contributed by atoms with Crippen LogP contribution in [0.3, 0.4) is 0 Å². The third-order valence-electron chi connectivity index (χ3n) is 4.18. The van der Waals surface area contributed by atoms with Crippen LogP contribution in [0.4, 0.5) is 5.69 Å². The monoisotopic (exact) mass is 348 g/mol. The van der Waals surface area contributed by atoms with E-state index in [0.717, 1.165) is 37.6 Å². The molecule has 1 fully saturated rings. The predicted octanol–water partition coefficient (Wildman–Crippen LogP) is 2.33. The predicted molar refractivity (Wildman–Crippen MR) is 93.2 cm³/mol. The lowest BCUT2D eigenvalue weighted by atomic mass is 10.2. The average Bonchev–Trinajstić information content (AvgIpc) is 3.11. The normalized spacial score (nSPS) is 16.8. The van der Waals surface area contributed by atoms with Crippen LogP contribution in [0.2, 0.25) is 5.02 Å². The molecule has 1 amide bonds. The highest BCUT2D eigenvalue weighted by Crippen LogP contribution is 2.25. The number of aromatic nitrogens is 1. The third-order valence-corrected chi connectivity index (χ3v) is 4.47. The lowest BCUT2D eigenvalue weighted by molar-refractivity contribution is -0.123. The van der Waals surface area contributed by atoms with Crippen molar-refractivity contribution in [3.8, 4) is 0 Å². The number of carbonyl (C=O) groups is 1. The number of halogens is 1. The molecule has 7 heteroatoms. The summed E-state index contributed by atoms with van der Waals surface area (Å²) < 4.78 is 5.31. The molecule has 1 N–H and O–H groups in total. The summed E-state index contributed by atoms with van der Waals surface area (Å²) in [6.45, 7) is 5.63. The average molecular weight is 349 g/mol. The fourth-order valence-electron chi connectivity index (χ4n) is 2.87. The Morgan fingerprint density at radius 1 is 1.38 bits per heavy atom. The molecule has 1 aliphatic heterocycles. The van der Waals surface area contributed by atoms with E-state index in [1.807, 2.05) is 25.1 Å². The van der Waals surface area contributed by atoms with E-state index < -0.39 is 0 Å². The molecule has 2 aromatic heterocycles. The van der Waals surface area contributed by atoms with Crippen molar-refractivity contribution in [3.63, 3.8) is 0 Å². The number of hydrogen-bond donors (Lipinski definition) is 1. The quantitative estimate of drug-likeness (QED) is 0.898. The molecular weight excluding hydrogens is 328 g/mol. The number of piperazine rings is 1. The number of nitrogens with one attached hydrogen (secondary N) is 1. The lowest BCUT2D eigenvalue weighted by Crippen LogP contribution is -2.49. The Morgan fingerprint density at radius 3 is 2.83 bits per heavy atom. The standard InChI is InChI=1S/C17H21ClN4O2/c1-13(16-3-2-10-24-16)20-17(23)12-21-6-8-22(9-7-21)15-4-5-19-11-14(15)18/h2-5,10-11,13H,6-9,12H2,1H3,(H,20,23)/t13-/m1/s1. The molecular formula is C17H21ClN4O2. The molecule has 128 valence electrons. The van der Waals surface area contributed by atoms with Crippen LogP contribution >= 0.6 is 11.6 Å². The third kappa shape index (κ3) is 4.07. The van der Waals surface area contributed by atoms with Crippen LogP contribution in [0.15, 0.2) is 41.3 Å². The summed E-state index contributed by atoms with van der Waals surface area (Å²) in [6, 6.07) is 5.49. The van der Waals surface area contributed by atoms with Gasteiger partial charge in [0.15, 0.2) is 0 Å². The van der Waals surface area contributed by atoms with Crippen LogP contribution in [0.5, 0.6) is 0 Å². The van der Waals surface area contributed by atoms with Crippen LogP contribution in [0.1, 0.15) is 18.7 Å². The van der Waals surface area contributed by atoms with Crippen LogP contribution in [-0.4, -0.2) is 48.5 Å². The maximum absolute atomic E-state index is 12.2. The van der Waals surface area contributed by atoms with Crippen LogP contribution in [-0.2, 0) is 4.79 Å². The summed E-state index contributed by atoms with van der Waals surface area (Å²) in [5, 5.41) is 3.63. The van der Waals surface area contributed by atoms with Gasteiger partial charge in [0.1, 0.15) is 5.76 Å². The molecule has 1 saturated heterocycles. The van der Waals surface area contributed by atoms with Gasteiger partial charge in [-0.1, -0.05) is 11.6 Å². The van der Waals surface area contributed by atoms with Crippen molar-refractivity contribution in [2.75, 3.05) is 37.6 Å². The molecule has 24 heavy (non-hydrogen) atoms. The van der Waals surface area contributed by atoms with Gasteiger partial charge < -0.3 is 14.6 Å². The van der Waals surface area contributed by atoms with E-state index >= 15 is 0 Å². The van der Waals surface area contributed by atoms with Crippen LogP contribution in [0.25, 0.3) is 0 Å². The van der Waals surface area contributed by atoms with E-state index in [1.165, 1.54) is 0 Å². The fraction of sp³-hybridized carbons (Fsp3) is 0.412. The molecule has 0 unspecified atom stereocenters. The van der Waals surface area contributed by atoms with Crippen molar-refractivity contribution in [2.45, 2.75) is 13.0 Å². The Hall–Kier alpha value is -2.05. The molecule has 1 aliphatic rings. The maximum atomic E-state index is 12.2. The smallest absolute Gasteiger partial charge is 0.234 e. The molecule has 3 heterocycles. The number of pyridine rings is 1.